The van der Waals surface area contributed by atoms with Crippen LogP contribution in [0.5, 0.6) is 0 Å². The van der Waals surface area contributed by atoms with Crippen LogP contribution in [0.2, 0.25) is 0 Å². The Hall–Kier alpha value is -0.770. The van der Waals surface area contributed by atoms with Crippen molar-refractivity contribution >= 4 is 10.8 Å². The molecule has 1 unspecified atom stereocenters. The second-order valence-electron chi connectivity index (χ2n) is 0.737. The molecule has 0 spiro atoms. The monoisotopic (exact) mass is 112 g/mol. The molecule has 0 aliphatic heterocycles. The van der Waals surface area contributed by atoms with Crippen molar-refractivity contribution in [2.24, 2.45) is 0 Å². The highest BCUT2D eigenvalue weighted by molar-refractivity contribution is 7.92. The molecule has 0 aromatic rings. The summed E-state index contributed by atoms with van der Waals surface area (Å²) in [5.41, 5.74) is 2.30. The van der Waals surface area contributed by atoms with Crippen molar-refractivity contribution < 1.29 is 4.21 Å². The lowest BCUT2D eigenvalue weighted by Crippen LogP contribution is -1.69. The SMILES string of the molecule is C#CS(=O)C=C=C. The van der Waals surface area contributed by atoms with E-state index >= 15 is 0 Å². The van der Waals surface area contributed by atoms with Crippen LogP contribution in [-0.2, 0) is 10.8 Å². The minimum Gasteiger partial charge on any atom is -0.240 e. The predicted octanol–water partition coefficient (Wildman–Crippen LogP) is 0.624. The first-order chi connectivity index (χ1) is 3.31. The lowest BCUT2D eigenvalue weighted by atomic mass is 11.0. The first kappa shape index (κ1) is 6.23. The fraction of sp³-hybridized carbons (Fsp3) is 0. The Morgan fingerprint density at radius 3 is 2.57 bits per heavy atom. The van der Waals surface area contributed by atoms with Gasteiger partial charge in [0.2, 0.25) is 0 Å². The van der Waals surface area contributed by atoms with E-state index in [0.29, 0.717) is 0 Å². The Morgan fingerprint density at radius 1 is 1.86 bits per heavy atom. The topological polar surface area (TPSA) is 17.1 Å². The van der Waals surface area contributed by atoms with Gasteiger partial charge in [-0.25, -0.2) is 4.21 Å². The van der Waals surface area contributed by atoms with Crippen LogP contribution >= 0.6 is 0 Å². The predicted molar refractivity (Wildman–Crippen MR) is 30.7 cm³/mol. The highest BCUT2D eigenvalue weighted by Crippen LogP contribution is 1.74. The molecule has 0 heterocycles. The van der Waals surface area contributed by atoms with E-state index in [1.807, 2.05) is 5.25 Å². The summed E-state index contributed by atoms with van der Waals surface area (Å²) >= 11 is 0. The summed E-state index contributed by atoms with van der Waals surface area (Å²) < 4.78 is 10.1. The van der Waals surface area contributed by atoms with Gasteiger partial charge in [0.15, 0.2) is 0 Å². The average Bonchev–Trinajstić information content (AvgIpc) is 1.68. The lowest BCUT2D eigenvalue weighted by Gasteiger charge is -1.67. The van der Waals surface area contributed by atoms with Gasteiger partial charge in [-0.15, -0.1) is 12.2 Å². The maximum Gasteiger partial charge on any atom is 0.130 e. The van der Waals surface area contributed by atoms with Crippen LogP contribution in [-0.4, -0.2) is 4.21 Å². The van der Waals surface area contributed by atoms with Crippen LogP contribution in [0.15, 0.2) is 17.7 Å². The maximum absolute atomic E-state index is 10.1. The molecule has 0 aliphatic carbocycles. The highest BCUT2D eigenvalue weighted by atomic mass is 32.2. The molecule has 0 amide bonds. The molecule has 0 radical (unpaired) electrons. The largest absolute Gasteiger partial charge is 0.240 e. The average molecular weight is 112 g/mol. The second-order valence-corrected chi connectivity index (χ2v) is 1.80. The van der Waals surface area contributed by atoms with Gasteiger partial charge < -0.3 is 0 Å². The van der Waals surface area contributed by atoms with Gasteiger partial charge in [-0.1, -0.05) is 6.58 Å². The van der Waals surface area contributed by atoms with Gasteiger partial charge in [0.25, 0.3) is 0 Å². The van der Waals surface area contributed by atoms with E-state index in [9.17, 15) is 4.21 Å². The summed E-state index contributed by atoms with van der Waals surface area (Å²) in [5, 5.41) is 3.20. The third-order valence-electron chi connectivity index (χ3n) is 0.307. The third-order valence-corrected chi connectivity index (χ3v) is 0.920. The quantitative estimate of drug-likeness (QED) is 0.359. The second kappa shape index (κ2) is 3.42. The van der Waals surface area contributed by atoms with Crippen LogP contribution in [0.3, 0.4) is 0 Å². The van der Waals surface area contributed by atoms with Crippen LogP contribution in [0.1, 0.15) is 0 Å². The fourth-order valence-electron chi connectivity index (χ4n) is 0.110. The van der Waals surface area contributed by atoms with Gasteiger partial charge in [-0.3, -0.25) is 0 Å². The maximum atomic E-state index is 10.1. The molecule has 0 aromatic heterocycles. The standard InChI is InChI=1S/C5H4OS/c1-3-5-7(6)4-2/h2,5H,1H2. The van der Waals surface area contributed by atoms with Crippen molar-refractivity contribution in [3.63, 3.8) is 0 Å². The minimum atomic E-state index is -1.30. The van der Waals surface area contributed by atoms with Crippen LogP contribution in [0.25, 0.3) is 0 Å². The molecule has 7 heavy (non-hydrogen) atoms. The molecule has 0 fully saturated rings. The first-order valence-electron chi connectivity index (χ1n) is 1.54. The van der Waals surface area contributed by atoms with E-state index in [2.05, 4.69) is 12.3 Å². The van der Waals surface area contributed by atoms with Gasteiger partial charge >= 0.3 is 0 Å². The summed E-state index contributed by atoms with van der Waals surface area (Å²) in [4.78, 5) is 0. The molecular formula is C5H4OS. The molecule has 0 aromatic carbocycles. The number of rotatable bonds is 1. The molecule has 1 nitrogen and oxygen atoms in total. The summed E-state index contributed by atoms with van der Waals surface area (Å²) in [6, 6.07) is 0. The van der Waals surface area contributed by atoms with Crippen LogP contribution in [0, 0.1) is 11.7 Å². The lowest BCUT2D eigenvalue weighted by molar-refractivity contribution is 0.694. The molecule has 2 heteroatoms. The summed E-state index contributed by atoms with van der Waals surface area (Å²) in [6.45, 7) is 3.18. The molecule has 1 atom stereocenters. The Bertz CT molecular complexity index is 157. The highest BCUT2D eigenvalue weighted by Gasteiger charge is 1.75. The van der Waals surface area contributed by atoms with Gasteiger partial charge in [0, 0.05) is 0 Å². The zero-order chi connectivity index (χ0) is 5.70. The molecule has 0 bridgehead atoms. The summed E-state index contributed by atoms with van der Waals surface area (Å²) in [5.74, 6) is 0. The Balaban J connectivity index is 3.91. The normalized spacial score (nSPS) is 10.7. The van der Waals surface area contributed by atoms with Crippen molar-refractivity contribution in [1.29, 1.82) is 0 Å². The molecule has 0 aliphatic rings. The zero-order valence-electron chi connectivity index (χ0n) is 3.68. The van der Waals surface area contributed by atoms with E-state index in [0.717, 1.165) is 0 Å². The number of hydrogen-bond acceptors (Lipinski definition) is 1. The summed E-state index contributed by atoms with van der Waals surface area (Å²) in [6.07, 6.45) is 4.71. The van der Waals surface area contributed by atoms with E-state index < -0.39 is 10.8 Å². The van der Waals surface area contributed by atoms with Crippen molar-refractivity contribution in [1.82, 2.24) is 0 Å². The number of hydrogen-bond donors (Lipinski definition) is 0. The molecule has 36 valence electrons. The van der Waals surface area contributed by atoms with Crippen molar-refractivity contribution in [3.8, 4) is 11.7 Å². The molecule has 0 saturated carbocycles. The van der Waals surface area contributed by atoms with Gasteiger partial charge in [0.1, 0.15) is 10.8 Å². The van der Waals surface area contributed by atoms with Crippen LogP contribution < -0.4 is 0 Å². The van der Waals surface area contributed by atoms with Gasteiger partial charge in [-0.2, -0.15) is 0 Å². The molecular weight excluding hydrogens is 108 g/mol. The van der Waals surface area contributed by atoms with Gasteiger partial charge in [0.05, 0.1) is 5.41 Å². The van der Waals surface area contributed by atoms with Crippen molar-refractivity contribution in [3.05, 3.63) is 17.7 Å². The first-order valence-corrected chi connectivity index (χ1v) is 2.75. The van der Waals surface area contributed by atoms with Crippen LogP contribution in [0.4, 0.5) is 0 Å². The number of terminal acetylenes is 1. The smallest absolute Gasteiger partial charge is 0.130 e. The minimum absolute atomic E-state index is 1.22. The molecule has 0 rings (SSSR count). The van der Waals surface area contributed by atoms with E-state index in [1.165, 1.54) is 5.41 Å². The Kier molecular flexibility index (Phi) is 3.04. The third kappa shape index (κ3) is 3.05. The molecule has 0 saturated heterocycles. The van der Waals surface area contributed by atoms with E-state index in [4.69, 9.17) is 6.42 Å². The molecule has 0 N–H and O–H groups in total. The Labute approximate surface area is 45.2 Å². The van der Waals surface area contributed by atoms with Gasteiger partial charge in [-0.05, 0) is 5.25 Å². The van der Waals surface area contributed by atoms with Crippen molar-refractivity contribution in [2.45, 2.75) is 0 Å². The van der Waals surface area contributed by atoms with E-state index in [1.54, 1.807) is 0 Å². The van der Waals surface area contributed by atoms with Crippen molar-refractivity contribution in [2.75, 3.05) is 0 Å². The summed E-state index contributed by atoms with van der Waals surface area (Å²) in [7, 11) is -1.30. The fourth-order valence-corrected chi connectivity index (χ4v) is 0.329. The van der Waals surface area contributed by atoms with E-state index in [-0.39, 0.29) is 0 Å². The zero-order valence-corrected chi connectivity index (χ0v) is 4.49. The Morgan fingerprint density at radius 2 is 2.43 bits per heavy atom.